The zero-order chi connectivity index (χ0) is 13.4. The number of phenols is 1. The van der Waals surface area contributed by atoms with E-state index < -0.39 is 18.3 Å². The number of aromatic hydroxyl groups is 1. The van der Waals surface area contributed by atoms with Gasteiger partial charge in [0.1, 0.15) is 5.75 Å². The van der Waals surface area contributed by atoms with Crippen LogP contribution < -0.4 is 5.73 Å². The molecule has 0 aromatic heterocycles. The van der Waals surface area contributed by atoms with E-state index in [4.69, 9.17) is 10.8 Å². The van der Waals surface area contributed by atoms with E-state index in [1.54, 1.807) is 0 Å². The fourth-order valence-corrected chi connectivity index (χ4v) is 1.84. The lowest BCUT2D eigenvalue weighted by Crippen LogP contribution is -2.39. The molecule has 2 atom stereocenters. The third-order valence-corrected chi connectivity index (χ3v) is 2.59. The summed E-state index contributed by atoms with van der Waals surface area (Å²) in [5.41, 5.74) is 6.46. The van der Waals surface area contributed by atoms with Crippen molar-refractivity contribution in [3.8, 4) is 5.75 Å². The third-order valence-electron chi connectivity index (χ3n) is 2.59. The Kier molecular flexibility index (Phi) is 3.68. The molecule has 0 amide bonds. The van der Waals surface area contributed by atoms with Gasteiger partial charge in [0.15, 0.2) is 6.10 Å². The molecule has 4 N–H and O–H groups in total. The summed E-state index contributed by atoms with van der Waals surface area (Å²) in [7, 11) is 0. The van der Waals surface area contributed by atoms with Gasteiger partial charge in [0, 0.05) is 0 Å². The van der Waals surface area contributed by atoms with Crippen LogP contribution >= 0.6 is 0 Å². The number of aliphatic hydroxyl groups is 1. The van der Waals surface area contributed by atoms with Crippen LogP contribution in [0.25, 0.3) is 0 Å². The van der Waals surface area contributed by atoms with E-state index in [1.807, 2.05) is 0 Å². The zero-order valence-electron chi connectivity index (χ0n) is 9.42. The number of rotatable bonds is 2. The summed E-state index contributed by atoms with van der Waals surface area (Å²) in [6, 6.07) is 1.06. The Hall–Kier alpha value is -1.27. The predicted molar refractivity (Wildman–Crippen MR) is 56.6 cm³/mol. The summed E-state index contributed by atoms with van der Waals surface area (Å²) >= 11 is 0. The predicted octanol–water partition coefficient (Wildman–Crippen LogP) is 1.93. The van der Waals surface area contributed by atoms with E-state index in [-0.39, 0.29) is 11.3 Å². The molecule has 0 aliphatic heterocycles. The normalized spacial score (nSPS) is 15.7. The molecule has 0 radical (unpaired) electrons. The van der Waals surface area contributed by atoms with Crippen LogP contribution in [0.15, 0.2) is 12.1 Å². The van der Waals surface area contributed by atoms with Crippen molar-refractivity contribution >= 4 is 0 Å². The topological polar surface area (TPSA) is 66.5 Å². The lowest BCUT2D eigenvalue weighted by atomic mass is 9.93. The molecule has 0 unspecified atom stereocenters. The summed E-state index contributed by atoms with van der Waals surface area (Å²) < 4.78 is 37.0. The first-order valence-electron chi connectivity index (χ1n) is 4.95. The van der Waals surface area contributed by atoms with Crippen LogP contribution in [0.5, 0.6) is 5.75 Å². The summed E-state index contributed by atoms with van der Waals surface area (Å²) in [6.45, 7) is 3.07. The van der Waals surface area contributed by atoms with Crippen molar-refractivity contribution in [3.05, 3.63) is 28.8 Å². The molecule has 0 spiro atoms. The van der Waals surface area contributed by atoms with Gasteiger partial charge in [-0.15, -0.1) is 0 Å². The summed E-state index contributed by atoms with van der Waals surface area (Å²) in [4.78, 5) is 0. The molecule has 0 aliphatic carbocycles. The fourth-order valence-electron chi connectivity index (χ4n) is 1.84. The average Bonchev–Trinajstić information content (AvgIpc) is 2.13. The Morgan fingerprint density at radius 3 is 1.94 bits per heavy atom. The molecule has 1 aromatic rings. The van der Waals surface area contributed by atoms with Crippen LogP contribution in [0.1, 0.15) is 22.7 Å². The highest BCUT2D eigenvalue weighted by Crippen LogP contribution is 2.33. The second-order valence-electron chi connectivity index (χ2n) is 4.01. The smallest absolute Gasteiger partial charge is 0.416 e. The van der Waals surface area contributed by atoms with Gasteiger partial charge >= 0.3 is 6.18 Å². The van der Waals surface area contributed by atoms with E-state index in [9.17, 15) is 18.3 Å². The Balaban J connectivity index is 3.17. The maximum absolute atomic E-state index is 12.3. The Morgan fingerprint density at radius 1 is 1.18 bits per heavy atom. The summed E-state index contributed by atoms with van der Waals surface area (Å²) in [5, 5.41) is 18.4. The highest BCUT2D eigenvalue weighted by molar-refractivity contribution is 5.42. The third kappa shape index (κ3) is 2.89. The average molecular weight is 249 g/mol. The van der Waals surface area contributed by atoms with Crippen LogP contribution in [-0.4, -0.2) is 22.5 Å². The van der Waals surface area contributed by atoms with Gasteiger partial charge in [-0.2, -0.15) is 13.2 Å². The van der Waals surface area contributed by atoms with Crippen LogP contribution in [-0.2, 0) is 0 Å². The number of hydrogen-bond donors (Lipinski definition) is 3. The highest BCUT2D eigenvalue weighted by Gasteiger charge is 2.43. The molecular formula is C11H14F3NO2. The number of nitrogens with two attached hydrogens (primary N) is 1. The molecular weight excluding hydrogens is 235 g/mol. The number of halogens is 3. The van der Waals surface area contributed by atoms with Crippen molar-refractivity contribution in [1.29, 1.82) is 0 Å². The molecule has 0 saturated carbocycles. The number of aryl methyl sites for hydroxylation is 2. The molecule has 0 bridgehead atoms. The number of alkyl halides is 3. The lowest BCUT2D eigenvalue weighted by molar-refractivity contribution is -0.210. The largest absolute Gasteiger partial charge is 0.508 e. The van der Waals surface area contributed by atoms with Crippen LogP contribution in [0, 0.1) is 13.8 Å². The molecule has 0 aliphatic rings. The number of aliphatic hydroxyl groups excluding tert-OH is 1. The van der Waals surface area contributed by atoms with Crippen LogP contribution in [0.2, 0.25) is 0 Å². The zero-order valence-corrected chi connectivity index (χ0v) is 9.42. The van der Waals surface area contributed by atoms with Crippen molar-refractivity contribution in [3.63, 3.8) is 0 Å². The number of benzene rings is 1. The SMILES string of the molecule is Cc1cc(O)cc(C)c1[C@@H](N)[C@@H](O)C(F)(F)F. The summed E-state index contributed by atoms with van der Waals surface area (Å²) in [5.74, 6) is -0.0440. The van der Waals surface area contributed by atoms with Gasteiger partial charge in [-0.25, -0.2) is 0 Å². The molecule has 0 fully saturated rings. The van der Waals surface area contributed by atoms with Gasteiger partial charge in [0.25, 0.3) is 0 Å². The van der Waals surface area contributed by atoms with Crippen LogP contribution in [0.4, 0.5) is 13.2 Å². The molecule has 6 heteroatoms. The molecule has 0 saturated heterocycles. The van der Waals surface area contributed by atoms with Gasteiger partial charge in [0.05, 0.1) is 6.04 Å². The lowest BCUT2D eigenvalue weighted by Gasteiger charge is -2.24. The second kappa shape index (κ2) is 4.54. The van der Waals surface area contributed by atoms with Crippen molar-refractivity contribution in [2.75, 3.05) is 0 Å². The highest BCUT2D eigenvalue weighted by atomic mass is 19.4. The molecule has 0 heterocycles. The minimum Gasteiger partial charge on any atom is -0.508 e. The molecule has 17 heavy (non-hydrogen) atoms. The van der Waals surface area contributed by atoms with E-state index in [2.05, 4.69) is 0 Å². The van der Waals surface area contributed by atoms with E-state index in [0.29, 0.717) is 11.1 Å². The number of phenolic OH excluding ortho intramolecular Hbond substituents is 1. The minimum atomic E-state index is -4.77. The Morgan fingerprint density at radius 2 is 1.59 bits per heavy atom. The van der Waals surface area contributed by atoms with Gasteiger partial charge in [-0.1, -0.05) is 0 Å². The molecule has 96 valence electrons. The van der Waals surface area contributed by atoms with Gasteiger partial charge in [-0.05, 0) is 42.7 Å². The number of hydrogen-bond acceptors (Lipinski definition) is 3. The molecule has 1 rings (SSSR count). The van der Waals surface area contributed by atoms with Crippen molar-refractivity contribution in [2.24, 2.45) is 5.73 Å². The van der Waals surface area contributed by atoms with Crippen molar-refractivity contribution < 1.29 is 23.4 Å². The summed E-state index contributed by atoms with van der Waals surface area (Å²) in [6.07, 6.45) is -7.39. The van der Waals surface area contributed by atoms with Gasteiger partial charge in [0.2, 0.25) is 0 Å². The van der Waals surface area contributed by atoms with Gasteiger partial charge in [-0.3, -0.25) is 0 Å². The van der Waals surface area contributed by atoms with Crippen molar-refractivity contribution in [1.82, 2.24) is 0 Å². The standard InChI is InChI=1S/C11H14F3NO2/c1-5-3-7(16)4-6(2)8(5)9(15)10(17)11(12,13)14/h3-4,9-10,16-17H,15H2,1-2H3/t9-,10-/m1/s1. The maximum Gasteiger partial charge on any atom is 0.416 e. The second-order valence-corrected chi connectivity index (χ2v) is 4.01. The first kappa shape index (κ1) is 13.8. The monoisotopic (exact) mass is 249 g/mol. The molecule has 1 aromatic carbocycles. The first-order valence-corrected chi connectivity index (χ1v) is 4.95. The first-order chi connectivity index (χ1) is 7.64. The Labute approximate surface area is 96.7 Å². The van der Waals surface area contributed by atoms with E-state index in [0.717, 1.165) is 0 Å². The van der Waals surface area contributed by atoms with Gasteiger partial charge < -0.3 is 15.9 Å². The fraction of sp³-hybridized carbons (Fsp3) is 0.455. The minimum absolute atomic E-state index is 0.0440. The molecule has 3 nitrogen and oxygen atoms in total. The van der Waals surface area contributed by atoms with Crippen molar-refractivity contribution in [2.45, 2.75) is 32.2 Å². The van der Waals surface area contributed by atoms with E-state index >= 15 is 0 Å². The maximum atomic E-state index is 12.3. The Bertz CT molecular complexity index is 395. The quantitative estimate of drug-likeness (QED) is 0.750. The van der Waals surface area contributed by atoms with Crippen LogP contribution in [0.3, 0.4) is 0 Å². The van der Waals surface area contributed by atoms with E-state index in [1.165, 1.54) is 26.0 Å².